The van der Waals surface area contributed by atoms with E-state index in [4.69, 9.17) is 21.1 Å². The minimum absolute atomic E-state index is 0.239. The summed E-state index contributed by atoms with van der Waals surface area (Å²) in [5, 5.41) is 0.239. The number of fused-ring (bicyclic) bond motifs is 1. The summed E-state index contributed by atoms with van der Waals surface area (Å²) in [6, 6.07) is 6.15. The first-order valence-electron chi connectivity index (χ1n) is 6.19. The van der Waals surface area contributed by atoms with Crippen molar-refractivity contribution in [2.24, 2.45) is 5.92 Å². The van der Waals surface area contributed by atoms with Crippen molar-refractivity contribution in [1.29, 1.82) is 0 Å². The molecule has 94 valence electrons. The van der Waals surface area contributed by atoms with Gasteiger partial charge in [0.15, 0.2) is 11.5 Å². The summed E-state index contributed by atoms with van der Waals surface area (Å²) in [5.41, 5.74) is 1.26. The first kappa shape index (κ1) is 12.6. The molecule has 0 saturated carbocycles. The van der Waals surface area contributed by atoms with Crippen molar-refractivity contribution < 1.29 is 9.47 Å². The highest BCUT2D eigenvalue weighted by Crippen LogP contribution is 2.31. The summed E-state index contributed by atoms with van der Waals surface area (Å²) in [6.45, 7) is 5.59. The van der Waals surface area contributed by atoms with Crippen molar-refractivity contribution in [1.82, 2.24) is 0 Å². The van der Waals surface area contributed by atoms with E-state index in [1.165, 1.54) is 5.56 Å². The molecule has 0 bridgehead atoms. The van der Waals surface area contributed by atoms with Gasteiger partial charge in [0.05, 0.1) is 0 Å². The standard InChI is InChI=1S/C14H19ClO2/c1-10(2)12(15)5-3-11-4-6-13-14(9-11)17-8-7-16-13/h4,6,9-10,12H,3,5,7-8H2,1-2H3. The molecule has 2 rings (SSSR count). The molecule has 0 N–H and O–H groups in total. The van der Waals surface area contributed by atoms with E-state index in [2.05, 4.69) is 26.0 Å². The second kappa shape index (κ2) is 5.63. The first-order valence-corrected chi connectivity index (χ1v) is 6.63. The van der Waals surface area contributed by atoms with Crippen LogP contribution in [0.4, 0.5) is 0 Å². The van der Waals surface area contributed by atoms with Crippen molar-refractivity contribution in [3.05, 3.63) is 23.8 Å². The first-order chi connectivity index (χ1) is 8.16. The van der Waals surface area contributed by atoms with Crippen LogP contribution < -0.4 is 9.47 Å². The molecule has 17 heavy (non-hydrogen) atoms. The maximum Gasteiger partial charge on any atom is 0.161 e. The number of alkyl halides is 1. The van der Waals surface area contributed by atoms with E-state index in [1.807, 2.05) is 6.07 Å². The molecule has 0 saturated heterocycles. The van der Waals surface area contributed by atoms with Crippen molar-refractivity contribution >= 4 is 11.6 Å². The molecule has 3 heteroatoms. The minimum Gasteiger partial charge on any atom is -0.486 e. The van der Waals surface area contributed by atoms with Gasteiger partial charge in [-0.15, -0.1) is 11.6 Å². The Balaban J connectivity index is 1.97. The smallest absolute Gasteiger partial charge is 0.161 e. The number of aryl methyl sites for hydroxylation is 1. The minimum atomic E-state index is 0.239. The Morgan fingerprint density at radius 2 is 1.88 bits per heavy atom. The summed E-state index contributed by atoms with van der Waals surface area (Å²) in [4.78, 5) is 0. The molecule has 0 fully saturated rings. The topological polar surface area (TPSA) is 18.5 Å². The molecule has 0 radical (unpaired) electrons. The molecular formula is C14H19ClO2. The summed E-state index contributed by atoms with van der Waals surface area (Å²) < 4.78 is 11.1. The van der Waals surface area contributed by atoms with Gasteiger partial charge in [0.25, 0.3) is 0 Å². The zero-order valence-corrected chi connectivity index (χ0v) is 11.2. The maximum absolute atomic E-state index is 6.25. The van der Waals surface area contributed by atoms with Crippen molar-refractivity contribution in [3.8, 4) is 11.5 Å². The third-order valence-corrected chi connectivity index (χ3v) is 3.76. The van der Waals surface area contributed by atoms with Gasteiger partial charge in [-0.2, -0.15) is 0 Å². The van der Waals surface area contributed by atoms with E-state index in [0.717, 1.165) is 24.3 Å². The second-order valence-electron chi connectivity index (χ2n) is 4.78. The molecule has 1 aromatic carbocycles. The van der Waals surface area contributed by atoms with Crippen LogP contribution in [0.3, 0.4) is 0 Å². The second-order valence-corrected chi connectivity index (χ2v) is 5.34. The van der Waals surface area contributed by atoms with E-state index < -0.39 is 0 Å². The lowest BCUT2D eigenvalue weighted by atomic mass is 10.0. The van der Waals surface area contributed by atoms with E-state index >= 15 is 0 Å². The molecule has 0 amide bonds. The van der Waals surface area contributed by atoms with Gasteiger partial charge in [-0.1, -0.05) is 19.9 Å². The molecule has 1 unspecified atom stereocenters. The fourth-order valence-corrected chi connectivity index (χ4v) is 1.99. The van der Waals surface area contributed by atoms with Crippen molar-refractivity contribution in [2.45, 2.75) is 32.1 Å². The molecule has 1 aliphatic rings. The lowest BCUT2D eigenvalue weighted by molar-refractivity contribution is 0.171. The highest BCUT2D eigenvalue weighted by molar-refractivity contribution is 6.20. The summed E-state index contributed by atoms with van der Waals surface area (Å²) >= 11 is 6.25. The zero-order chi connectivity index (χ0) is 12.3. The Bertz CT molecular complexity index is 376. The summed E-state index contributed by atoms with van der Waals surface area (Å²) in [5.74, 6) is 2.24. The largest absolute Gasteiger partial charge is 0.486 e. The SMILES string of the molecule is CC(C)C(Cl)CCc1ccc2c(c1)OCCO2. The van der Waals surface area contributed by atoms with Gasteiger partial charge >= 0.3 is 0 Å². The Morgan fingerprint density at radius 3 is 2.59 bits per heavy atom. The Hall–Kier alpha value is -0.890. The normalized spacial score (nSPS) is 16.0. The van der Waals surface area contributed by atoms with E-state index in [1.54, 1.807) is 0 Å². The van der Waals surface area contributed by atoms with E-state index in [-0.39, 0.29) is 5.38 Å². The van der Waals surface area contributed by atoms with Gasteiger partial charge in [0.2, 0.25) is 0 Å². The number of halogens is 1. The third kappa shape index (κ3) is 3.29. The molecule has 1 atom stereocenters. The molecule has 1 heterocycles. The van der Waals surface area contributed by atoms with Gasteiger partial charge in [-0.3, -0.25) is 0 Å². The maximum atomic E-state index is 6.25. The van der Waals surface area contributed by atoms with Crippen LogP contribution in [0.2, 0.25) is 0 Å². The van der Waals surface area contributed by atoms with Crippen LogP contribution in [0, 0.1) is 5.92 Å². The Morgan fingerprint density at radius 1 is 1.18 bits per heavy atom. The van der Waals surface area contributed by atoms with E-state index in [9.17, 15) is 0 Å². The van der Waals surface area contributed by atoms with Crippen LogP contribution in [0.15, 0.2) is 18.2 Å². The number of ether oxygens (including phenoxy) is 2. The average molecular weight is 255 g/mol. The monoisotopic (exact) mass is 254 g/mol. The van der Waals surface area contributed by atoms with Crippen LogP contribution in [0.5, 0.6) is 11.5 Å². The predicted octanol–water partition coefficient (Wildman–Crippen LogP) is 3.65. The summed E-state index contributed by atoms with van der Waals surface area (Å²) in [6.07, 6.45) is 1.99. The fourth-order valence-electron chi connectivity index (χ4n) is 1.88. The summed E-state index contributed by atoms with van der Waals surface area (Å²) in [7, 11) is 0. The van der Waals surface area contributed by atoms with Crippen molar-refractivity contribution in [3.63, 3.8) is 0 Å². The molecule has 1 aliphatic heterocycles. The predicted molar refractivity (Wildman–Crippen MR) is 70.2 cm³/mol. The number of hydrogen-bond donors (Lipinski definition) is 0. The van der Waals surface area contributed by atoms with Crippen molar-refractivity contribution in [2.75, 3.05) is 13.2 Å². The molecular weight excluding hydrogens is 236 g/mol. The highest BCUT2D eigenvalue weighted by atomic mass is 35.5. The number of hydrogen-bond acceptors (Lipinski definition) is 2. The van der Waals surface area contributed by atoms with E-state index in [0.29, 0.717) is 19.1 Å². The molecule has 0 spiro atoms. The van der Waals surface area contributed by atoms with Gasteiger partial charge in [0, 0.05) is 5.38 Å². The van der Waals surface area contributed by atoms with Gasteiger partial charge < -0.3 is 9.47 Å². The lowest BCUT2D eigenvalue weighted by Crippen LogP contribution is -2.15. The lowest BCUT2D eigenvalue weighted by Gasteiger charge is -2.19. The zero-order valence-electron chi connectivity index (χ0n) is 10.4. The molecule has 0 aliphatic carbocycles. The number of rotatable bonds is 4. The van der Waals surface area contributed by atoms with Crippen LogP contribution >= 0.6 is 11.6 Å². The molecule has 1 aromatic rings. The molecule has 0 aromatic heterocycles. The van der Waals surface area contributed by atoms with Crippen LogP contribution in [0.25, 0.3) is 0 Å². The van der Waals surface area contributed by atoms with Crippen LogP contribution in [-0.2, 0) is 6.42 Å². The Kier molecular flexibility index (Phi) is 4.16. The molecule has 2 nitrogen and oxygen atoms in total. The average Bonchev–Trinajstić information content (AvgIpc) is 2.35. The Labute approximate surface area is 108 Å². The van der Waals surface area contributed by atoms with Gasteiger partial charge in [-0.25, -0.2) is 0 Å². The third-order valence-electron chi connectivity index (χ3n) is 3.04. The van der Waals surface area contributed by atoms with Crippen LogP contribution in [-0.4, -0.2) is 18.6 Å². The fraction of sp³-hybridized carbons (Fsp3) is 0.571. The van der Waals surface area contributed by atoms with Crippen LogP contribution in [0.1, 0.15) is 25.8 Å². The highest BCUT2D eigenvalue weighted by Gasteiger charge is 2.13. The van der Waals surface area contributed by atoms with Gasteiger partial charge in [-0.05, 0) is 36.5 Å². The van der Waals surface area contributed by atoms with Gasteiger partial charge in [0.1, 0.15) is 13.2 Å². The quantitative estimate of drug-likeness (QED) is 0.764. The number of benzene rings is 1.